The number of rotatable bonds is 1. The largest absolute Gasteiger partial charge is 0.483 e. The van der Waals surface area contributed by atoms with Gasteiger partial charge in [0.1, 0.15) is 5.75 Å². The minimum atomic E-state index is -0.300. The van der Waals surface area contributed by atoms with Gasteiger partial charge in [-0.2, -0.15) is 0 Å². The second kappa shape index (κ2) is 3.38. The minimum Gasteiger partial charge on any atom is -0.483 e. The molecule has 0 saturated carbocycles. The van der Waals surface area contributed by atoms with Gasteiger partial charge in [0.25, 0.3) is 0 Å². The van der Waals surface area contributed by atoms with Gasteiger partial charge in [-0.3, -0.25) is 4.79 Å². The van der Waals surface area contributed by atoms with Crippen molar-refractivity contribution in [3.05, 3.63) is 28.8 Å². The molecule has 1 aromatic rings. The summed E-state index contributed by atoms with van der Waals surface area (Å²) < 4.78 is 5.41. The Morgan fingerprint density at radius 2 is 2.38 bits per heavy atom. The number of carbonyl (C=O) groups is 1. The average molecular weight is 197 g/mol. The molecule has 2 rings (SSSR count). The third kappa shape index (κ3) is 1.54. The second-order valence-corrected chi connectivity index (χ2v) is 3.45. The van der Waals surface area contributed by atoms with Crippen LogP contribution in [0.25, 0.3) is 0 Å². The van der Waals surface area contributed by atoms with Crippen LogP contribution in [0.4, 0.5) is 0 Å². The van der Waals surface area contributed by atoms with Crippen molar-refractivity contribution < 1.29 is 9.53 Å². The predicted octanol–water partition coefficient (Wildman–Crippen LogP) is 2.23. The molecule has 2 nitrogen and oxygen atoms in total. The van der Waals surface area contributed by atoms with Gasteiger partial charge in [0, 0.05) is 10.6 Å². The maximum absolute atomic E-state index is 10.5. The van der Waals surface area contributed by atoms with Crippen molar-refractivity contribution in [3.63, 3.8) is 0 Å². The van der Waals surface area contributed by atoms with Crippen molar-refractivity contribution in [2.45, 2.75) is 18.9 Å². The molecular weight excluding hydrogens is 188 g/mol. The van der Waals surface area contributed by atoms with Crippen molar-refractivity contribution in [2.75, 3.05) is 0 Å². The van der Waals surface area contributed by atoms with Gasteiger partial charge in [-0.1, -0.05) is 17.7 Å². The summed E-state index contributed by atoms with van der Waals surface area (Å²) in [5.41, 5.74) is 1.02. The highest BCUT2D eigenvalue weighted by molar-refractivity contribution is 6.31. The van der Waals surface area contributed by atoms with E-state index in [2.05, 4.69) is 0 Å². The molecule has 1 aliphatic rings. The fraction of sp³-hybridized carbons (Fsp3) is 0.300. The summed E-state index contributed by atoms with van der Waals surface area (Å²) in [5, 5.41) is 0.724. The van der Waals surface area contributed by atoms with Crippen LogP contribution in [0.1, 0.15) is 12.0 Å². The zero-order valence-corrected chi connectivity index (χ0v) is 7.75. The van der Waals surface area contributed by atoms with Gasteiger partial charge >= 0.3 is 0 Å². The molecular formula is C10H9ClO2. The Bertz CT molecular complexity index is 336. The van der Waals surface area contributed by atoms with Gasteiger partial charge < -0.3 is 4.74 Å². The number of benzene rings is 1. The highest BCUT2D eigenvalue weighted by atomic mass is 35.5. The van der Waals surface area contributed by atoms with E-state index in [1.165, 1.54) is 0 Å². The smallest absolute Gasteiger partial charge is 0.160 e. The van der Waals surface area contributed by atoms with Gasteiger partial charge in [-0.25, -0.2) is 0 Å². The molecule has 0 aliphatic carbocycles. The molecule has 0 fully saturated rings. The van der Waals surface area contributed by atoms with E-state index in [1.807, 2.05) is 18.2 Å². The van der Waals surface area contributed by atoms with Gasteiger partial charge in [-0.15, -0.1) is 0 Å². The lowest BCUT2D eigenvalue weighted by Gasteiger charge is -2.22. The summed E-state index contributed by atoms with van der Waals surface area (Å²) in [6.07, 6.45) is 2.08. The molecule has 1 heterocycles. The number of fused-ring (bicyclic) bond motifs is 1. The molecule has 0 saturated heterocycles. The van der Waals surface area contributed by atoms with E-state index in [4.69, 9.17) is 16.3 Å². The summed E-state index contributed by atoms with van der Waals surface area (Å²) in [6, 6.07) is 5.51. The third-order valence-electron chi connectivity index (χ3n) is 2.18. The molecule has 0 spiro atoms. The SMILES string of the molecule is O=CC1CCc2c(Cl)cccc2O1. The topological polar surface area (TPSA) is 26.3 Å². The van der Waals surface area contributed by atoms with E-state index in [1.54, 1.807) is 0 Å². The van der Waals surface area contributed by atoms with E-state index in [9.17, 15) is 4.79 Å². The van der Waals surface area contributed by atoms with Crippen LogP contribution >= 0.6 is 11.6 Å². The van der Waals surface area contributed by atoms with E-state index in [0.29, 0.717) is 0 Å². The average Bonchev–Trinajstić information content (AvgIpc) is 2.18. The van der Waals surface area contributed by atoms with Crippen LogP contribution in [0.3, 0.4) is 0 Å². The first kappa shape index (κ1) is 8.57. The van der Waals surface area contributed by atoms with Crippen LogP contribution in [0.15, 0.2) is 18.2 Å². The lowest BCUT2D eigenvalue weighted by molar-refractivity contribution is -0.114. The Labute approximate surface area is 81.5 Å². The molecule has 68 valence electrons. The summed E-state index contributed by atoms with van der Waals surface area (Å²) >= 11 is 5.96. The predicted molar refractivity (Wildman–Crippen MR) is 50.3 cm³/mol. The zero-order chi connectivity index (χ0) is 9.26. The van der Waals surface area contributed by atoms with Crippen LogP contribution in [-0.4, -0.2) is 12.4 Å². The maximum Gasteiger partial charge on any atom is 0.160 e. The minimum absolute atomic E-state index is 0.300. The van der Waals surface area contributed by atoms with E-state index < -0.39 is 0 Å². The van der Waals surface area contributed by atoms with E-state index in [0.717, 1.165) is 35.5 Å². The highest BCUT2D eigenvalue weighted by Crippen LogP contribution is 2.32. The number of halogens is 1. The standard InChI is InChI=1S/C10H9ClO2/c11-9-2-1-3-10-8(9)5-4-7(6-12)13-10/h1-3,6-7H,4-5H2. The van der Waals surface area contributed by atoms with Crippen LogP contribution in [0, 0.1) is 0 Å². The molecule has 13 heavy (non-hydrogen) atoms. The van der Waals surface area contributed by atoms with Crippen LogP contribution in [-0.2, 0) is 11.2 Å². The summed E-state index contributed by atoms with van der Waals surface area (Å²) in [5.74, 6) is 0.746. The lowest BCUT2D eigenvalue weighted by atomic mass is 10.0. The Morgan fingerprint density at radius 3 is 3.15 bits per heavy atom. The molecule has 0 radical (unpaired) electrons. The molecule has 1 aromatic carbocycles. The monoisotopic (exact) mass is 196 g/mol. The second-order valence-electron chi connectivity index (χ2n) is 3.05. The Kier molecular flexibility index (Phi) is 2.23. The first-order chi connectivity index (χ1) is 6.31. The molecule has 0 amide bonds. The first-order valence-electron chi connectivity index (χ1n) is 4.20. The number of hydrogen-bond acceptors (Lipinski definition) is 2. The van der Waals surface area contributed by atoms with Crippen molar-refractivity contribution in [2.24, 2.45) is 0 Å². The van der Waals surface area contributed by atoms with Crippen molar-refractivity contribution in [1.29, 1.82) is 0 Å². The van der Waals surface area contributed by atoms with E-state index in [-0.39, 0.29) is 6.10 Å². The normalized spacial score (nSPS) is 20.2. The Balaban J connectivity index is 2.36. The Morgan fingerprint density at radius 1 is 1.54 bits per heavy atom. The first-order valence-corrected chi connectivity index (χ1v) is 4.58. The van der Waals surface area contributed by atoms with Gasteiger partial charge in [0.2, 0.25) is 0 Å². The van der Waals surface area contributed by atoms with Crippen LogP contribution in [0.2, 0.25) is 5.02 Å². The van der Waals surface area contributed by atoms with Crippen molar-refractivity contribution in [3.8, 4) is 5.75 Å². The van der Waals surface area contributed by atoms with Crippen molar-refractivity contribution in [1.82, 2.24) is 0 Å². The lowest BCUT2D eigenvalue weighted by Crippen LogP contribution is -2.23. The fourth-order valence-electron chi connectivity index (χ4n) is 1.50. The molecule has 0 bridgehead atoms. The maximum atomic E-state index is 10.5. The van der Waals surface area contributed by atoms with Gasteiger partial charge in [-0.05, 0) is 25.0 Å². The number of hydrogen-bond donors (Lipinski definition) is 0. The van der Waals surface area contributed by atoms with Crippen molar-refractivity contribution >= 4 is 17.9 Å². The van der Waals surface area contributed by atoms with Gasteiger partial charge in [0.05, 0.1) is 0 Å². The summed E-state index contributed by atoms with van der Waals surface area (Å²) in [6.45, 7) is 0. The quantitative estimate of drug-likeness (QED) is 0.644. The highest BCUT2D eigenvalue weighted by Gasteiger charge is 2.20. The number of ether oxygens (including phenoxy) is 1. The van der Waals surface area contributed by atoms with Crippen LogP contribution < -0.4 is 4.74 Å². The van der Waals surface area contributed by atoms with Crippen LogP contribution in [0.5, 0.6) is 5.75 Å². The third-order valence-corrected chi connectivity index (χ3v) is 2.54. The number of carbonyl (C=O) groups excluding carboxylic acids is 1. The summed E-state index contributed by atoms with van der Waals surface area (Å²) in [7, 11) is 0. The molecule has 1 aliphatic heterocycles. The molecule has 1 atom stereocenters. The molecule has 3 heteroatoms. The zero-order valence-electron chi connectivity index (χ0n) is 7.00. The van der Waals surface area contributed by atoms with E-state index >= 15 is 0 Å². The summed E-state index contributed by atoms with van der Waals surface area (Å²) in [4.78, 5) is 10.5. The van der Waals surface area contributed by atoms with Gasteiger partial charge in [0.15, 0.2) is 12.4 Å². The number of aldehydes is 1. The molecule has 1 unspecified atom stereocenters. The molecule has 0 aromatic heterocycles. The Hall–Kier alpha value is -1.02. The molecule has 0 N–H and O–H groups in total. The fourth-order valence-corrected chi connectivity index (χ4v) is 1.76.